The highest BCUT2D eigenvalue weighted by Gasteiger charge is 2.21. The number of allylic oxidation sites excluding steroid dienone is 5. The Labute approximate surface area is 261 Å². The molecule has 1 atom stereocenters. The minimum atomic E-state index is 0.00927. The van der Waals surface area contributed by atoms with E-state index in [0.29, 0.717) is 0 Å². The number of nitrogens with two attached hydrogens (primary N) is 1. The predicted molar refractivity (Wildman–Crippen MR) is 188 cm³/mol. The normalized spacial score (nSPS) is 13.9. The van der Waals surface area contributed by atoms with Crippen LogP contribution in [0.5, 0.6) is 0 Å². The largest absolute Gasteiger partial charge is 0.324 e. The minimum absolute atomic E-state index is 0.00927. The number of hydrogen-bond acceptors (Lipinski definition) is 2. The number of rotatable bonds is 9. The van der Waals surface area contributed by atoms with Crippen LogP contribution >= 0.6 is 12.6 Å². The maximum atomic E-state index is 6.67. The molecule has 3 heteroatoms. The van der Waals surface area contributed by atoms with Gasteiger partial charge < -0.3 is 10.3 Å². The summed E-state index contributed by atoms with van der Waals surface area (Å²) < 4.78 is 2.33. The van der Waals surface area contributed by atoms with E-state index in [1.54, 1.807) is 0 Å². The van der Waals surface area contributed by atoms with Crippen molar-refractivity contribution in [2.45, 2.75) is 43.5 Å². The molecule has 0 spiro atoms. The van der Waals surface area contributed by atoms with Crippen molar-refractivity contribution >= 4 is 35.2 Å². The van der Waals surface area contributed by atoms with Gasteiger partial charge in [0, 0.05) is 33.1 Å². The van der Waals surface area contributed by atoms with Crippen LogP contribution in [0.3, 0.4) is 0 Å². The van der Waals surface area contributed by atoms with E-state index in [2.05, 4.69) is 127 Å². The lowest BCUT2D eigenvalue weighted by Gasteiger charge is -2.17. The van der Waals surface area contributed by atoms with Crippen LogP contribution in [0.1, 0.15) is 61.0 Å². The SMILES string of the molecule is C=C(c1ccccc1S)c1c(/C=C\C)c2ccccc2n1-c1ccc(-c2cccc(C(N)CCC3=CCCC=C3)c2)cc1. The first kappa shape index (κ1) is 28.8. The molecule has 5 aromatic rings. The van der Waals surface area contributed by atoms with Crippen molar-refractivity contribution in [3.8, 4) is 16.8 Å². The molecule has 0 amide bonds. The molecule has 1 unspecified atom stereocenters. The van der Waals surface area contributed by atoms with Crippen molar-refractivity contribution in [1.82, 2.24) is 4.57 Å². The summed E-state index contributed by atoms with van der Waals surface area (Å²) >= 11 is 4.77. The molecule has 43 heavy (non-hydrogen) atoms. The molecule has 0 saturated carbocycles. The number of aromatic nitrogens is 1. The first-order chi connectivity index (χ1) is 21.0. The van der Waals surface area contributed by atoms with Crippen molar-refractivity contribution in [2.24, 2.45) is 5.73 Å². The number of hydrogen-bond donors (Lipinski definition) is 2. The van der Waals surface area contributed by atoms with Crippen molar-refractivity contribution in [3.05, 3.63) is 156 Å². The van der Waals surface area contributed by atoms with Gasteiger partial charge in [-0.3, -0.25) is 0 Å². The van der Waals surface area contributed by atoms with Crippen molar-refractivity contribution in [3.63, 3.8) is 0 Å². The van der Waals surface area contributed by atoms with Crippen LogP contribution in [-0.2, 0) is 0 Å². The quantitative estimate of drug-likeness (QED) is 0.167. The van der Waals surface area contributed by atoms with Gasteiger partial charge in [0.05, 0.1) is 11.2 Å². The van der Waals surface area contributed by atoms with E-state index in [1.807, 2.05) is 18.2 Å². The van der Waals surface area contributed by atoms with Gasteiger partial charge in [0.25, 0.3) is 0 Å². The first-order valence-corrected chi connectivity index (χ1v) is 15.6. The molecule has 1 aromatic heterocycles. The van der Waals surface area contributed by atoms with Gasteiger partial charge in [-0.1, -0.05) is 109 Å². The Morgan fingerprint density at radius 1 is 0.930 bits per heavy atom. The highest BCUT2D eigenvalue weighted by molar-refractivity contribution is 7.80. The number of nitrogens with zero attached hydrogens (tertiary/aromatic N) is 1. The van der Waals surface area contributed by atoms with Crippen LogP contribution in [0.4, 0.5) is 0 Å². The summed E-state index contributed by atoms with van der Waals surface area (Å²) in [4.78, 5) is 0.913. The van der Waals surface area contributed by atoms with E-state index in [-0.39, 0.29) is 6.04 Å². The maximum Gasteiger partial charge on any atom is 0.0613 e. The van der Waals surface area contributed by atoms with E-state index < -0.39 is 0 Å². The molecule has 2 nitrogen and oxygen atoms in total. The van der Waals surface area contributed by atoms with E-state index >= 15 is 0 Å². The van der Waals surface area contributed by atoms with E-state index in [4.69, 9.17) is 18.4 Å². The molecular weight excluding hydrogens is 541 g/mol. The van der Waals surface area contributed by atoms with Gasteiger partial charge in [-0.25, -0.2) is 0 Å². The smallest absolute Gasteiger partial charge is 0.0613 e. The van der Waals surface area contributed by atoms with E-state index in [0.717, 1.165) is 64.2 Å². The topological polar surface area (TPSA) is 30.9 Å². The third kappa shape index (κ3) is 5.97. The van der Waals surface area contributed by atoms with Gasteiger partial charge in [-0.2, -0.15) is 0 Å². The molecule has 0 saturated heterocycles. The van der Waals surface area contributed by atoms with Gasteiger partial charge in [-0.05, 0) is 85.2 Å². The van der Waals surface area contributed by atoms with Crippen molar-refractivity contribution < 1.29 is 0 Å². The Kier molecular flexibility index (Phi) is 8.64. The Morgan fingerprint density at radius 2 is 1.72 bits per heavy atom. The minimum Gasteiger partial charge on any atom is -0.324 e. The van der Waals surface area contributed by atoms with Gasteiger partial charge in [0.2, 0.25) is 0 Å². The fraction of sp³-hybridized carbons (Fsp3) is 0.150. The average Bonchev–Trinajstić information content (AvgIpc) is 3.38. The number of thiol groups is 1. The van der Waals surface area contributed by atoms with Crippen molar-refractivity contribution in [1.29, 1.82) is 0 Å². The highest BCUT2D eigenvalue weighted by Crippen LogP contribution is 2.38. The summed E-state index contributed by atoms with van der Waals surface area (Å²) in [5, 5.41) is 1.19. The van der Waals surface area contributed by atoms with Gasteiger partial charge in [0.15, 0.2) is 0 Å². The zero-order valence-corrected chi connectivity index (χ0v) is 25.6. The lowest BCUT2D eigenvalue weighted by atomic mass is 9.94. The van der Waals surface area contributed by atoms with Crippen molar-refractivity contribution in [2.75, 3.05) is 0 Å². The first-order valence-electron chi connectivity index (χ1n) is 15.1. The summed E-state index contributed by atoms with van der Waals surface area (Å²) in [5.74, 6) is 0. The fourth-order valence-corrected chi connectivity index (χ4v) is 6.41. The fourth-order valence-electron chi connectivity index (χ4n) is 6.12. The van der Waals surface area contributed by atoms with Crippen LogP contribution in [0, 0.1) is 0 Å². The molecule has 0 radical (unpaired) electrons. The van der Waals surface area contributed by atoms with Crippen LogP contribution < -0.4 is 5.73 Å². The number of benzene rings is 4. The second kappa shape index (κ2) is 12.9. The number of fused-ring (bicyclic) bond motifs is 1. The number of para-hydroxylation sites is 1. The molecule has 1 heterocycles. The van der Waals surface area contributed by atoms with Crippen LogP contribution in [0.25, 0.3) is 39.4 Å². The van der Waals surface area contributed by atoms with Gasteiger partial charge in [-0.15, -0.1) is 12.6 Å². The van der Waals surface area contributed by atoms with Crippen LogP contribution in [-0.4, -0.2) is 4.57 Å². The molecule has 0 fully saturated rings. The predicted octanol–water partition coefficient (Wildman–Crippen LogP) is 10.7. The third-order valence-electron chi connectivity index (χ3n) is 8.35. The average molecular weight is 579 g/mol. The zero-order chi connectivity index (χ0) is 29.8. The maximum absolute atomic E-state index is 6.67. The Balaban J connectivity index is 1.36. The summed E-state index contributed by atoms with van der Waals surface area (Å²) in [5.41, 5.74) is 18.0. The van der Waals surface area contributed by atoms with E-state index in [9.17, 15) is 0 Å². The molecule has 1 aliphatic carbocycles. The summed E-state index contributed by atoms with van der Waals surface area (Å²) in [6, 6.07) is 34.3. The van der Waals surface area contributed by atoms with Gasteiger partial charge in [0.1, 0.15) is 0 Å². The van der Waals surface area contributed by atoms with Crippen LogP contribution in [0.15, 0.2) is 138 Å². The molecule has 1 aliphatic rings. The van der Waals surface area contributed by atoms with E-state index in [1.165, 1.54) is 27.6 Å². The second-order valence-corrected chi connectivity index (χ2v) is 11.7. The molecule has 4 aromatic carbocycles. The zero-order valence-electron chi connectivity index (χ0n) is 24.7. The summed E-state index contributed by atoms with van der Waals surface area (Å²) in [6.45, 7) is 6.65. The Hall–Kier alpha value is -4.31. The molecule has 6 rings (SSSR count). The van der Waals surface area contributed by atoms with Crippen LogP contribution in [0.2, 0.25) is 0 Å². The molecule has 214 valence electrons. The summed E-state index contributed by atoms with van der Waals surface area (Å²) in [7, 11) is 0. The Morgan fingerprint density at radius 3 is 2.49 bits per heavy atom. The highest BCUT2D eigenvalue weighted by atomic mass is 32.1. The molecule has 0 bridgehead atoms. The third-order valence-corrected chi connectivity index (χ3v) is 8.74. The lowest BCUT2D eigenvalue weighted by molar-refractivity contribution is 0.651. The lowest BCUT2D eigenvalue weighted by Crippen LogP contribution is -2.10. The molecule has 0 aliphatic heterocycles. The second-order valence-electron chi connectivity index (χ2n) is 11.2. The Bertz CT molecular complexity index is 1870. The monoisotopic (exact) mass is 578 g/mol. The standard InChI is InChI=1S/C40H38N2S/c1-3-12-36-35-18-7-9-19-38(35)42(40(36)28(2)34-17-8-10-20-39(34)43)33-24-22-30(23-25-33)31-15-11-16-32(27-31)37(41)26-21-29-13-5-4-6-14-29/h3,5,7-20,22-25,27,37,43H,2,4,6,21,26,41H2,1H3/b12-3-. The molecular formula is C40H38N2S. The van der Waals surface area contributed by atoms with Gasteiger partial charge >= 0.3 is 0 Å². The summed E-state index contributed by atoms with van der Waals surface area (Å²) in [6.07, 6.45) is 15.4. The molecule has 2 N–H and O–H groups in total.